The van der Waals surface area contributed by atoms with E-state index in [9.17, 15) is 10.2 Å². The SMILES string of the molecule is CCN(CC)C[C@@H](O)C[C@]1(O)C(C)(C)[C@H]2CC[C@]1(C)C2. The average molecular weight is 283 g/mol. The summed E-state index contributed by atoms with van der Waals surface area (Å²) in [5, 5.41) is 21.9. The first-order chi connectivity index (χ1) is 9.20. The fourth-order valence-electron chi connectivity index (χ4n) is 5.04. The summed E-state index contributed by atoms with van der Waals surface area (Å²) in [6.45, 7) is 13.4. The molecular weight excluding hydrogens is 250 g/mol. The highest BCUT2D eigenvalue weighted by Crippen LogP contribution is 2.69. The van der Waals surface area contributed by atoms with Crippen LogP contribution in [0.3, 0.4) is 0 Å². The minimum Gasteiger partial charge on any atom is -0.392 e. The molecule has 0 heterocycles. The molecule has 0 radical (unpaired) electrons. The van der Waals surface area contributed by atoms with Gasteiger partial charge in [0, 0.05) is 13.0 Å². The molecule has 118 valence electrons. The number of hydrogen-bond donors (Lipinski definition) is 2. The number of nitrogens with zero attached hydrogens (tertiary/aromatic N) is 1. The predicted molar refractivity (Wildman–Crippen MR) is 82.6 cm³/mol. The van der Waals surface area contributed by atoms with Crippen molar-refractivity contribution in [2.45, 2.75) is 72.0 Å². The van der Waals surface area contributed by atoms with Crippen molar-refractivity contribution in [2.75, 3.05) is 19.6 Å². The molecule has 0 saturated heterocycles. The highest BCUT2D eigenvalue weighted by Gasteiger charge is 2.68. The molecule has 0 unspecified atom stereocenters. The van der Waals surface area contributed by atoms with E-state index in [0.717, 1.165) is 25.9 Å². The van der Waals surface area contributed by atoms with Crippen LogP contribution in [-0.2, 0) is 0 Å². The summed E-state index contributed by atoms with van der Waals surface area (Å²) < 4.78 is 0. The van der Waals surface area contributed by atoms with E-state index in [2.05, 4.69) is 39.5 Å². The minimum absolute atomic E-state index is 0.00853. The molecule has 0 aromatic carbocycles. The summed E-state index contributed by atoms with van der Waals surface area (Å²) in [7, 11) is 0. The Balaban J connectivity index is 2.11. The first-order valence-electron chi connectivity index (χ1n) is 8.33. The summed E-state index contributed by atoms with van der Waals surface area (Å²) in [6, 6.07) is 0. The summed E-state index contributed by atoms with van der Waals surface area (Å²) in [5.41, 5.74) is -0.814. The van der Waals surface area contributed by atoms with Crippen LogP contribution in [0.2, 0.25) is 0 Å². The van der Waals surface area contributed by atoms with Gasteiger partial charge in [-0.05, 0) is 49.1 Å². The maximum atomic E-state index is 11.4. The van der Waals surface area contributed by atoms with Gasteiger partial charge in [0.2, 0.25) is 0 Å². The molecule has 2 rings (SSSR count). The lowest BCUT2D eigenvalue weighted by Gasteiger charge is -2.51. The van der Waals surface area contributed by atoms with Crippen LogP contribution in [0, 0.1) is 16.7 Å². The van der Waals surface area contributed by atoms with Crippen molar-refractivity contribution in [1.82, 2.24) is 4.90 Å². The van der Waals surface area contributed by atoms with Crippen molar-refractivity contribution in [2.24, 2.45) is 16.7 Å². The Kier molecular flexibility index (Phi) is 4.27. The molecular formula is C17H33NO2. The Hall–Kier alpha value is -0.120. The standard InChI is InChI=1S/C17H33NO2/c1-6-18(7-2)12-14(19)11-17(20)15(3,4)13-8-9-16(17,5)10-13/h13-14,19-20H,6-12H2,1-5H3/t13-,14-,16+,17-/m0/s1. The summed E-state index contributed by atoms with van der Waals surface area (Å²) >= 11 is 0. The number of hydrogen-bond acceptors (Lipinski definition) is 3. The summed E-state index contributed by atoms with van der Waals surface area (Å²) in [6.07, 6.45) is 3.54. The van der Waals surface area contributed by atoms with Gasteiger partial charge < -0.3 is 15.1 Å². The second-order valence-corrected chi connectivity index (χ2v) is 7.93. The molecule has 0 aromatic rings. The van der Waals surface area contributed by atoms with Gasteiger partial charge in [0.15, 0.2) is 0 Å². The van der Waals surface area contributed by atoms with Crippen LogP contribution in [0.5, 0.6) is 0 Å². The zero-order chi connectivity index (χ0) is 15.2. The first-order valence-corrected chi connectivity index (χ1v) is 8.33. The van der Waals surface area contributed by atoms with Gasteiger partial charge in [-0.15, -0.1) is 0 Å². The van der Waals surface area contributed by atoms with Crippen molar-refractivity contribution >= 4 is 0 Å². The van der Waals surface area contributed by atoms with Crippen molar-refractivity contribution in [3.63, 3.8) is 0 Å². The molecule has 2 bridgehead atoms. The van der Waals surface area contributed by atoms with Gasteiger partial charge in [-0.3, -0.25) is 0 Å². The normalized spacial score (nSPS) is 40.5. The lowest BCUT2D eigenvalue weighted by atomic mass is 9.58. The lowest BCUT2D eigenvalue weighted by molar-refractivity contribution is -0.164. The van der Waals surface area contributed by atoms with Crippen LogP contribution in [0.1, 0.15) is 60.3 Å². The zero-order valence-corrected chi connectivity index (χ0v) is 13.9. The van der Waals surface area contributed by atoms with E-state index in [1.807, 2.05) is 0 Å². The Morgan fingerprint density at radius 1 is 1.20 bits per heavy atom. The van der Waals surface area contributed by atoms with Gasteiger partial charge in [0.25, 0.3) is 0 Å². The molecule has 4 atom stereocenters. The molecule has 3 heteroatoms. The number of rotatable bonds is 6. The third-order valence-corrected chi connectivity index (χ3v) is 6.72. The Morgan fingerprint density at radius 3 is 2.25 bits per heavy atom. The second kappa shape index (κ2) is 5.26. The Labute approximate surface area is 124 Å². The van der Waals surface area contributed by atoms with Crippen LogP contribution in [-0.4, -0.2) is 46.5 Å². The van der Waals surface area contributed by atoms with E-state index in [-0.39, 0.29) is 10.8 Å². The van der Waals surface area contributed by atoms with Crippen LogP contribution in [0.15, 0.2) is 0 Å². The molecule has 0 amide bonds. The highest BCUT2D eigenvalue weighted by molar-refractivity contribution is 5.18. The molecule has 2 N–H and O–H groups in total. The molecule has 3 nitrogen and oxygen atoms in total. The predicted octanol–water partition coefficient (Wildman–Crippen LogP) is 2.66. The molecule has 0 aliphatic heterocycles. The van der Waals surface area contributed by atoms with Crippen molar-refractivity contribution < 1.29 is 10.2 Å². The topological polar surface area (TPSA) is 43.7 Å². The quantitative estimate of drug-likeness (QED) is 0.787. The molecule has 2 saturated carbocycles. The first kappa shape index (κ1) is 16.3. The van der Waals surface area contributed by atoms with Gasteiger partial charge >= 0.3 is 0 Å². The van der Waals surface area contributed by atoms with E-state index < -0.39 is 11.7 Å². The van der Waals surface area contributed by atoms with Crippen LogP contribution < -0.4 is 0 Å². The van der Waals surface area contributed by atoms with E-state index in [0.29, 0.717) is 18.9 Å². The van der Waals surface area contributed by atoms with Crippen molar-refractivity contribution in [3.05, 3.63) is 0 Å². The molecule has 2 aliphatic carbocycles. The second-order valence-electron chi connectivity index (χ2n) is 7.93. The molecule has 2 aliphatic rings. The van der Waals surface area contributed by atoms with Gasteiger partial charge in [0.1, 0.15) is 0 Å². The highest BCUT2D eigenvalue weighted by atomic mass is 16.3. The van der Waals surface area contributed by atoms with E-state index in [1.165, 1.54) is 6.42 Å². The minimum atomic E-state index is -0.727. The monoisotopic (exact) mass is 283 g/mol. The smallest absolute Gasteiger partial charge is 0.0779 e. The van der Waals surface area contributed by atoms with Crippen LogP contribution in [0.4, 0.5) is 0 Å². The van der Waals surface area contributed by atoms with Crippen LogP contribution >= 0.6 is 0 Å². The van der Waals surface area contributed by atoms with Gasteiger partial charge in [0.05, 0.1) is 11.7 Å². The van der Waals surface area contributed by atoms with Gasteiger partial charge in [-0.2, -0.15) is 0 Å². The molecule has 0 aromatic heterocycles. The zero-order valence-electron chi connectivity index (χ0n) is 13.9. The number of aliphatic hydroxyl groups excluding tert-OH is 1. The summed E-state index contributed by atoms with van der Waals surface area (Å²) in [4.78, 5) is 2.23. The van der Waals surface area contributed by atoms with Gasteiger partial charge in [-0.1, -0.05) is 34.6 Å². The largest absolute Gasteiger partial charge is 0.392 e. The van der Waals surface area contributed by atoms with Gasteiger partial charge in [-0.25, -0.2) is 0 Å². The molecule has 20 heavy (non-hydrogen) atoms. The Bertz CT molecular complexity index is 346. The molecule has 0 spiro atoms. The number of likely N-dealkylation sites (N-methyl/N-ethyl adjacent to an activating group) is 1. The van der Waals surface area contributed by atoms with Crippen LogP contribution in [0.25, 0.3) is 0 Å². The average Bonchev–Trinajstić information content (AvgIpc) is 2.84. The van der Waals surface area contributed by atoms with E-state index >= 15 is 0 Å². The molecule has 2 fully saturated rings. The lowest BCUT2D eigenvalue weighted by Crippen LogP contribution is -2.56. The third kappa shape index (κ3) is 2.22. The van der Waals surface area contributed by atoms with Crippen molar-refractivity contribution in [1.29, 1.82) is 0 Å². The fraction of sp³-hybridized carbons (Fsp3) is 1.00. The summed E-state index contributed by atoms with van der Waals surface area (Å²) in [5.74, 6) is 0.609. The number of aliphatic hydroxyl groups is 2. The van der Waals surface area contributed by atoms with E-state index in [4.69, 9.17) is 0 Å². The number of fused-ring (bicyclic) bond motifs is 2. The maximum Gasteiger partial charge on any atom is 0.0779 e. The Morgan fingerprint density at radius 2 is 1.80 bits per heavy atom. The van der Waals surface area contributed by atoms with Crippen molar-refractivity contribution in [3.8, 4) is 0 Å². The third-order valence-electron chi connectivity index (χ3n) is 6.72. The maximum absolute atomic E-state index is 11.4. The van der Waals surface area contributed by atoms with E-state index in [1.54, 1.807) is 0 Å². The fourth-order valence-corrected chi connectivity index (χ4v) is 5.04.